The number of hydrogen-bond acceptors (Lipinski definition) is 4. The smallest absolute Gasteiger partial charge is 0.335 e. The van der Waals surface area contributed by atoms with Gasteiger partial charge >= 0.3 is 5.97 Å². The Morgan fingerprint density at radius 2 is 1.93 bits per heavy atom. The molecule has 2 aromatic heterocycles. The highest BCUT2D eigenvalue weighted by Gasteiger charge is 2.34. The van der Waals surface area contributed by atoms with Crippen LogP contribution in [0.2, 0.25) is 10.0 Å². The van der Waals surface area contributed by atoms with Gasteiger partial charge < -0.3 is 5.11 Å². The minimum Gasteiger partial charge on any atom is -0.478 e. The van der Waals surface area contributed by atoms with Gasteiger partial charge in [0.1, 0.15) is 5.82 Å². The van der Waals surface area contributed by atoms with Gasteiger partial charge in [0.2, 0.25) is 0 Å². The number of nitrogens with one attached hydrogen (secondary N) is 1. The summed E-state index contributed by atoms with van der Waals surface area (Å²) >= 11 is 12.3. The lowest BCUT2D eigenvalue weighted by Gasteiger charge is -2.23. The van der Waals surface area contributed by atoms with Gasteiger partial charge in [-0.3, -0.25) is 14.9 Å². The highest BCUT2D eigenvalue weighted by molar-refractivity contribution is 6.40. The minimum atomic E-state index is -1.23. The molecule has 0 saturated heterocycles. The van der Waals surface area contributed by atoms with Crippen LogP contribution in [0.1, 0.15) is 50.7 Å². The third kappa shape index (κ3) is 3.41. The lowest BCUT2D eigenvalue weighted by molar-refractivity contribution is 0.0696. The number of carboxylic acids is 1. The molecule has 0 bridgehead atoms. The number of aromatic carboxylic acids is 1. The summed E-state index contributed by atoms with van der Waals surface area (Å²) in [5.74, 6) is -2.84. The number of fused-ring (bicyclic) bond motifs is 1. The van der Waals surface area contributed by atoms with Gasteiger partial charge in [0, 0.05) is 29.2 Å². The fourth-order valence-electron chi connectivity index (χ4n) is 3.71. The number of pyridine rings is 1. The first-order chi connectivity index (χ1) is 13.9. The Kier molecular flexibility index (Phi) is 5.10. The molecule has 2 heterocycles. The molecule has 1 aliphatic carbocycles. The van der Waals surface area contributed by atoms with E-state index in [1.165, 1.54) is 24.5 Å². The highest BCUT2D eigenvalue weighted by Crippen LogP contribution is 2.41. The molecule has 0 saturated carbocycles. The Hall–Kier alpha value is -2.77. The second kappa shape index (κ2) is 7.57. The summed E-state index contributed by atoms with van der Waals surface area (Å²) in [4.78, 5) is 28.3. The summed E-state index contributed by atoms with van der Waals surface area (Å²) < 4.78 is 14.7. The van der Waals surface area contributed by atoms with E-state index in [9.17, 15) is 14.0 Å². The monoisotopic (exact) mass is 433 g/mol. The van der Waals surface area contributed by atoms with Crippen LogP contribution in [0.15, 0.2) is 30.6 Å². The van der Waals surface area contributed by atoms with Crippen molar-refractivity contribution in [3.63, 3.8) is 0 Å². The van der Waals surface area contributed by atoms with E-state index in [0.717, 1.165) is 18.2 Å². The molecule has 2 N–H and O–H groups in total. The van der Waals surface area contributed by atoms with Crippen LogP contribution in [0, 0.1) is 5.82 Å². The maximum Gasteiger partial charge on any atom is 0.335 e. The van der Waals surface area contributed by atoms with E-state index in [1.807, 2.05) is 0 Å². The lowest BCUT2D eigenvalue weighted by atomic mass is 9.79. The van der Waals surface area contributed by atoms with E-state index in [-0.39, 0.29) is 38.2 Å². The molecule has 0 spiro atoms. The number of benzene rings is 1. The van der Waals surface area contributed by atoms with Gasteiger partial charge in [-0.25, -0.2) is 9.18 Å². The maximum atomic E-state index is 14.7. The predicted octanol–water partition coefficient (Wildman–Crippen LogP) is 4.92. The van der Waals surface area contributed by atoms with Crippen molar-refractivity contribution >= 4 is 35.0 Å². The summed E-state index contributed by atoms with van der Waals surface area (Å²) in [5.41, 5.74) is 1.75. The van der Waals surface area contributed by atoms with Crippen molar-refractivity contribution in [2.75, 3.05) is 0 Å². The Balaban J connectivity index is 1.82. The second-order valence-electron chi connectivity index (χ2n) is 6.75. The van der Waals surface area contributed by atoms with Gasteiger partial charge in [-0.05, 0) is 37.5 Å². The van der Waals surface area contributed by atoms with Crippen molar-refractivity contribution in [3.05, 3.63) is 68.8 Å². The largest absolute Gasteiger partial charge is 0.478 e. The van der Waals surface area contributed by atoms with Gasteiger partial charge in [0.25, 0.3) is 0 Å². The lowest BCUT2D eigenvalue weighted by Crippen LogP contribution is -2.19. The van der Waals surface area contributed by atoms with E-state index < -0.39 is 17.7 Å². The van der Waals surface area contributed by atoms with E-state index >= 15 is 0 Å². The molecule has 1 unspecified atom stereocenters. The number of H-pyrrole nitrogens is 1. The molecular formula is C20H14Cl2FN3O3. The average Bonchev–Trinajstić information content (AvgIpc) is 3.11. The molecule has 9 heteroatoms. The number of aromatic nitrogens is 3. The van der Waals surface area contributed by atoms with Crippen LogP contribution in [-0.4, -0.2) is 32.0 Å². The highest BCUT2D eigenvalue weighted by atomic mass is 35.5. The maximum absolute atomic E-state index is 14.7. The van der Waals surface area contributed by atoms with Crippen molar-refractivity contribution in [1.82, 2.24) is 15.2 Å². The first kappa shape index (κ1) is 19.5. The summed E-state index contributed by atoms with van der Waals surface area (Å²) in [6.45, 7) is 0. The number of halogens is 3. The van der Waals surface area contributed by atoms with Crippen molar-refractivity contribution in [3.8, 4) is 11.3 Å². The molecule has 0 fully saturated rings. The zero-order valence-corrected chi connectivity index (χ0v) is 16.4. The topological polar surface area (TPSA) is 95.9 Å². The number of hydrogen-bond donors (Lipinski definition) is 2. The minimum absolute atomic E-state index is 0.124. The number of aromatic amines is 1. The van der Waals surface area contributed by atoms with Crippen molar-refractivity contribution in [1.29, 1.82) is 0 Å². The molecule has 1 aromatic carbocycles. The number of Topliss-reactive ketones (excluding diaryl/α,β-unsaturated/α-hetero) is 1. The van der Waals surface area contributed by atoms with Crippen LogP contribution in [-0.2, 0) is 6.42 Å². The van der Waals surface area contributed by atoms with Crippen LogP contribution < -0.4 is 0 Å². The van der Waals surface area contributed by atoms with Gasteiger partial charge in [0.15, 0.2) is 5.78 Å². The fourth-order valence-corrected chi connectivity index (χ4v) is 4.26. The van der Waals surface area contributed by atoms with Gasteiger partial charge in [-0.1, -0.05) is 23.2 Å². The van der Waals surface area contributed by atoms with E-state index in [4.69, 9.17) is 28.3 Å². The molecule has 29 heavy (non-hydrogen) atoms. The Bertz CT molecular complexity index is 1130. The summed E-state index contributed by atoms with van der Waals surface area (Å²) in [5, 5.41) is 16.5. The summed E-state index contributed by atoms with van der Waals surface area (Å²) in [6, 6.07) is 3.60. The zero-order chi connectivity index (χ0) is 20.7. The van der Waals surface area contributed by atoms with E-state index in [2.05, 4.69) is 15.2 Å². The molecule has 0 radical (unpaired) electrons. The Labute approximate surface area is 174 Å². The molecule has 6 nitrogen and oxygen atoms in total. The first-order valence-electron chi connectivity index (χ1n) is 8.82. The number of nitrogens with zero attached hydrogens (tertiary/aromatic N) is 2. The normalized spacial score (nSPS) is 15.8. The van der Waals surface area contributed by atoms with Crippen molar-refractivity contribution < 1.29 is 19.1 Å². The predicted molar refractivity (Wildman–Crippen MR) is 105 cm³/mol. The number of aryl methyl sites for hydroxylation is 1. The molecule has 0 aliphatic heterocycles. The quantitative estimate of drug-likeness (QED) is 0.569. The average molecular weight is 434 g/mol. The van der Waals surface area contributed by atoms with E-state index in [0.29, 0.717) is 18.4 Å². The molecule has 4 rings (SSSR count). The number of carbonyl (C=O) groups is 2. The van der Waals surface area contributed by atoms with Crippen LogP contribution >= 0.6 is 23.2 Å². The third-order valence-corrected chi connectivity index (χ3v) is 5.61. The number of carbonyl (C=O) groups excluding carboxylic acids is 1. The second-order valence-corrected chi connectivity index (χ2v) is 7.57. The van der Waals surface area contributed by atoms with E-state index in [1.54, 1.807) is 0 Å². The number of ketones is 1. The van der Waals surface area contributed by atoms with Crippen LogP contribution in [0.3, 0.4) is 0 Å². The van der Waals surface area contributed by atoms with Crippen LogP contribution in [0.4, 0.5) is 4.39 Å². The SMILES string of the molecule is O=C(O)c1ccc(-c2n[nH]c3c2C(C(=O)c2c(Cl)cncc2Cl)CCC3)c(F)c1. The third-order valence-electron chi connectivity index (χ3n) is 5.04. The molecule has 3 aromatic rings. The summed E-state index contributed by atoms with van der Waals surface area (Å²) in [6.07, 6.45) is 4.64. The number of carboxylic acid groups (broad SMARTS) is 1. The Morgan fingerprint density at radius 3 is 2.59 bits per heavy atom. The molecular weight excluding hydrogens is 420 g/mol. The van der Waals surface area contributed by atoms with Gasteiger partial charge in [0.05, 0.1) is 32.8 Å². The van der Waals surface area contributed by atoms with Crippen LogP contribution in [0.5, 0.6) is 0 Å². The summed E-state index contributed by atoms with van der Waals surface area (Å²) in [7, 11) is 0. The zero-order valence-electron chi connectivity index (χ0n) is 14.9. The molecule has 1 atom stereocenters. The molecule has 148 valence electrons. The molecule has 1 aliphatic rings. The number of rotatable bonds is 4. The van der Waals surface area contributed by atoms with Gasteiger partial charge in [-0.15, -0.1) is 0 Å². The van der Waals surface area contributed by atoms with Crippen molar-refractivity contribution in [2.45, 2.75) is 25.2 Å². The van der Waals surface area contributed by atoms with Crippen LogP contribution in [0.25, 0.3) is 11.3 Å². The first-order valence-corrected chi connectivity index (χ1v) is 9.57. The van der Waals surface area contributed by atoms with Crippen molar-refractivity contribution in [2.24, 2.45) is 0 Å². The van der Waals surface area contributed by atoms with Gasteiger partial charge in [-0.2, -0.15) is 5.10 Å². The molecule has 0 amide bonds. The fraction of sp³-hybridized carbons (Fsp3) is 0.200. The Morgan fingerprint density at radius 1 is 1.21 bits per heavy atom. The standard InChI is InChI=1S/C20H14Cl2FN3O3/c21-12-7-24-8-13(22)17(12)19(27)11-2-1-3-15-16(11)18(26-25-15)10-5-4-9(20(28)29)6-14(10)23/h4-8,11H,1-3H2,(H,25,26)(H,28,29).